The van der Waals surface area contributed by atoms with E-state index in [9.17, 15) is 9.59 Å². The fraction of sp³-hybridized carbons (Fsp3) is 0.833. The van der Waals surface area contributed by atoms with Gasteiger partial charge in [0.1, 0.15) is 6.04 Å². The van der Waals surface area contributed by atoms with E-state index in [2.05, 4.69) is 5.32 Å². The van der Waals surface area contributed by atoms with E-state index in [1.54, 1.807) is 14.0 Å². The molecule has 0 spiro atoms. The normalized spacial score (nSPS) is 24.6. The average Bonchev–Trinajstić information content (AvgIpc) is 2.59. The Hall–Kier alpha value is -1.10. The van der Waals surface area contributed by atoms with Crippen molar-refractivity contribution >= 4 is 11.9 Å². The number of nitrogens with one attached hydrogen (secondary N) is 1. The lowest BCUT2D eigenvalue weighted by Gasteiger charge is -2.28. The topological polar surface area (TPSA) is 64.6 Å². The third kappa shape index (κ3) is 3.70. The van der Waals surface area contributed by atoms with Gasteiger partial charge in [0.2, 0.25) is 5.91 Å². The van der Waals surface area contributed by atoms with Crippen LogP contribution in [0.1, 0.15) is 33.6 Å². The summed E-state index contributed by atoms with van der Waals surface area (Å²) in [5.41, 5.74) is -0.346. The summed E-state index contributed by atoms with van der Waals surface area (Å²) in [6.07, 6.45) is 1.00. The summed E-state index contributed by atoms with van der Waals surface area (Å²) in [6, 6.07) is -0.531. The number of ether oxygens (including phenoxy) is 2. The molecular formula is C12H21NO4. The second-order valence-corrected chi connectivity index (χ2v) is 4.93. The molecule has 1 rings (SSSR count). The zero-order valence-electron chi connectivity index (χ0n) is 10.9. The quantitative estimate of drug-likeness (QED) is 0.728. The van der Waals surface area contributed by atoms with Crippen molar-refractivity contribution in [1.82, 2.24) is 5.32 Å². The number of esters is 1. The number of methoxy groups -OCH3 is 1. The van der Waals surface area contributed by atoms with Crippen molar-refractivity contribution in [2.75, 3.05) is 13.7 Å². The van der Waals surface area contributed by atoms with E-state index in [4.69, 9.17) is 9.47 Å². The highest BCUT2D eigenvalue weighted by molar-refractivity contribution is 5.88. The smallest absolute Gasteiger partial charge is 0.328 e. The molecule has 1 N–H and O–H groups in total. The van der Waals surface area contributed by atoms with Crippen LogP contribution in [0.25, 0.3) is 0 Å². The second-order valence-electron chi connectivity index (χ2n) is 4.93. The minimum absolute atomic E-state index is 0.0588. The van der Waals surface area contributed by atoms with Gasteiger partial charge in [-0.3, -0.25) is 4.79 Å². The van der Waals surface area contributed by atoms with Crippen LogP contribution < -0.4 is 5.32 Å². The van der Waals surface area contributed by atoms with E-state index < -0.39 is 6.04 Å². The van der Waals surface area contributed by atoms with Gasteiger partial charge in [-0.15, -0.1) is 0 Å². The molecule has 1 fully saturated rings. The van der Waals surface area contributed by atoms with E-state index >= 15 is 0 Å². The Kier molecular flexibility index (Phi) is 4.51. The molecule has 2 atom stereocenters. The largest absolute Gasteiger partial charge is 0.464 e. The van der Waals surface area contributed by atoms with Crippen LogP contribution in [0.4, 0.5) is 0 Å². The second kappa shape index (κ2) is 5.49. The minimum atomic E-state index is -0.531. The summed E-state index contributed by atoms with van der Waals surface area (Å²) in [7, 11) is 1.63. The summed E-state index contributed by atoms with van der Waals surface area (Å²) < 4.78 is 10.3. The minimum Gasteiger partial charge on any atom is -0.464 e. The van der Waals surface area contributed by atoms with Crippen LogP contribution in [0.2, 0.25) is 0 Å². The molecule has 2 unspecified atom stereocenters. The van der Waals surface area contributed by atoms with Crippen molar-refractivity contribution < 1.29 is 19.1 Å². The maximum atomic E-state index is 11.7. The van der Waals surface area contributed by atoms with Crippen molar-refractivity contribution in [3.8, 4) is 0 Å². The molecule has 0 radical (unpaired) electrons. The molecule has 0 aromatic carbocycles. The van der Waals surface area contributed by atoms with Gasteiger partial charge in [0.15, 0.2) is 0 Å². The molecule has 1 aliphatic heterocycles. The summed E-state index contributed by atoms with van der Waals surface area (Å²) in [5, 5.41) is 2.67. The number of amides is 1. The lowest BCUT2D eigenvalue weighted by atomic mass is 9.88. The van der Waals surface area contributed by atoms with E-state index in [1.165, 1.54) is 0 Å². The fourth-order valence-corrected chi connectivity index (χ4v) is 2.09. The van der Waals surface area contributed by atoms with Crippen molar-refractivity contribution in [3.63, 3.8) is 0 Å². The van der Waals surface area contributed by atoms with Gasteiger partial charge in [-0.2, -0.15) is 0 Å². The monoisotopic (exact) mass is 243 g/mol. The first-order valence-corrected chi connectivity index (χ1v) is 5.90. The lowest BCUT2D eigenvalue weighted by Crippen LogP contribution is -2.40. The lowest BCUT2D eigenvalue weighted by molar-refractivity contribution is -0.147. The van der Waals surface area contributed by atoms with E-state index in [0.29, 0.717) is 19.4 Å². The van der Waals surface area contributed by atoms with Crippen LogP contribution >= 0.6 is 0 Å². The van der Waals surface area contributed by atoms with Gasteiger partial charge in [0.25, 0.3) is 0 Å². The number of hydrogen-bond donors (Lipinski definition) is 1. The average molecular weight is 243 g/mol. The summed E-state index contributed by atoms with van der Waals surface area (Å²) >= 11 is 0. The first-order chi connectivity index (χ1) is 7.89. The molecule has 98 valence electrons. The Balaban J connectivity index is 2.68. The van der Waals surface area contributed by atoms with Gasteiger partial charge in [0, 0.05) is 19.4 Å². The molecule has 0 saturated carbocycles. The number of carbonyl (C=O) groups is 2. The van der Waals surface area contributed by atoms with Crippen LogP contribution in [0.3, 0.4) is 0 Å². The molecular weight excluding hydrogens is 222 g/mol. The highest BCUT2D eigenvalue weighted by atomic mass is 16.5. The zero-order valence-corrected chi connectivity index (χ0v) is 10.9. The molecule has 17 heavy (non-hydrogen) atoms. The number of rotatable bonds is 5. The highest BCUT2D eigenvalue weighted by Crippen LogP contribution is 2.28. The van der Waals surface area contributed by atoms with E-state index in [1.807, 2.05) is 13.8 Å². The molecule has 0 aromatic rings. The van der Waals surface area contributed by atoms with Gasteiger partial charge in [-0.05, 0) is 27.2 Å². The van der Waals surface area contributed by atoms with Crippen LogP contribution in [0.15, 0.2) is 0 Å². The molecule has 1 aliphatic rings. The van der Waals surface area contributed by atoms with Gasteiger partial charge >= 0.3 is 5.97 Å². The van der Waals surface area contributed by atoms with Crippen molar-refractivity contribution in [2.45, 2.75) is 45.3 Å². The molecule has 5 heteroatoms. The van der Waals surface area contributed by atoms with Crippen molar-refractivity contribution in [3.05, 3.63) is 0 Å². The van der Waals surface area contributed by atoms with Crippen molar-refractivity contribution in [2.24, 2.45) is 5.92 Å². The predicted molar refractivity (Wildman–Crippen MR) is 62.4 cm³/mol. The maximum Gasteiger partial charge on any atom is 0.328 e. The zero-order chi connectivity index (χ0) is 13.1. The Morgan fingerprint density at radius 1 is 1.53 bits per heavy atom. The SMILES string of the molecule is CCOC(=O)C1NC(=O)CC1CC(C)(C)OC. The Morgan fingerprint density at radius 3 is 2.71 bits per heavy atom. The Bertz CT molecular complexity index is 301. The van der Waals surface area contributed by atoms with Gasteiger partial charge < -0.3 is 14.8 Å². The third-order valence-corrected chi connectivity index (χ3v) is 3.08. The van der Waals surface area contributed by atoms with E-state index in [0.717, 1.165) is 0 Å². The molecule has 0 bridgehead atoms. The van der Waals surface area contributed by atoms with Gasteiger partial charge in [-0.25, -0.2) is 4.79 Å². The van der Waals surface area contributed by atoms with Crippen LogP contribution in [-0.4, -0.2) is 37.2 Å². The summed E-state index contributed by atoms with van der Waals surface area (Å²) in [4.78, 5) is 23.1. The first kappa shape index (κ1) is 14.0. The standard InChI is InChI=1S/C12H21NO4/c1-5-17-11(15)10-8(6-9(14)13-10)7-12(2,3)16-4/h8,10H,5-7H2,1-4H3,(H,13,14). The predicted octanol–water partition coefficient (Wildman–Crippen LogP) is 0.869. The van der Waals surface area contributed by atoms with Gasteiger partial charge in [0.05, 0.1) is 12.2 Å². The van der Waals surface area contributed by atoms with E-state index in [-0.39, 0.29) is 23.4 Å². The third-order valence-electron chi connectivity index (χ3n) is 3.08. The molecule has 0 aromatic heterocycles. The molecule has 5 nitrogen and oxygen atoms in total. The van der Waals surface area contributed by atoms with Crippen LogP contribution in [0.5, 0.6) is 0 Å². The summed E-state index contributed by atoms with van der Waals surface area (Å²) in [6.45, 7) is 5.96. The summed E-state index contributed by atoms with van der Waals surface area (Å²) in [5.74, 6) is -0.508. The molecule has 1 heterocycles. The fourth-order valence-electron chi connectivity index (χ4n) is 2.09. The highest BCUT2D eigenvalue weighted by Gasteiger charge is 2.41. The number of hydrogen-bond acceptors (Lipinski definition) is 4. The first-order valence-electron chi connectivity index (χ1n) is 5.90. The maximum absolute atomic E-state index is 11.7. The Morgan fingerprint density at radius 2 is 2.18 bits per heavy atom. The molecule has 1 saturated heterocycles. The van der Waals surface area contributed by atoms with Crippen molar-refractivity contribution in [1.29, 1.82) is 0 Å². The number of carbonyl (C=O) groups excluding carboxylic acids is 2. The molecule has 0 aliphatic carbocycles. The molecule has 1 amide bonds. The van der Waals surface area contributed by atoms with Gasteiger partial charge in [-0.1, -0.05) is 0 Å². The van der Waals surface area contributed by atoms with Crippen LogP contribution in [-0.2, 0) is 19.1 Å². The Labute approximate surface area is 102 Å². The van der Waals surface area contributed by atoms with Crippen LogP contribution in [0, 0.1) is 5.92 Å².